The molecule has 1 heterocycles. The molecule has 0 unspecified atom stereocenters. The molecule has 0 atom stereocenters. The molecule has 0 spiro atoms. The Morgan fingerprint density at radius 3 is 2.50 bits per heavy atom. The van der Waals surface area contributed by atoms with Gasteiger partial charge in [-0.3, -0.25) is 0 Å². The molecule has 0 amide bonds. The van der Waals surface area contributed by atoms with Gasteiger partial charge < -0.3 is 0 Å². The summed E-state index contributed by atoms with van der Waals surface area (Å²) in [6, 6.07) is 0. The van der Waals surface area contributed by atoms with Gasteiger partial charge >= 0.3 is 0 Å². The van der Waals surface area contributed by atoms with Crippen molar-refractivity contribution in [1.82, 2.24) is 9.03 Å². The fraction of sp³-hybridized carbons (Fsp3) is 0.778. The molecule has 0 aromatic heterocycles. The van der Waals surface area contributed by atoms with Gasteiger partial charge in [-0.05, 0) is 12.8 Å². The van der Waals surface area contributed by atoms with Gasteiger partial charge in [-0.2, -0.15) is 12.7 Å². The molecule has 0 saturated carbocycles. The lowest BCUT2D eigenvalue weighted by Crippen LogP contribution is -2.43. The van der Waals surface area contributed by atoms with Crippen LogP contribution in [0.4, 0.5) is 0 Å². The standard InChI is InChI=1S/C9H16N2O2S/c1-2-3-7-10-14(12,13)11-8-5-4-6-9-11/h1,10H,3-9H2. The van der Waals surface area contributed by atoms with Crippen LogP contribution >= 0.6 is 0 Å². The molecule has 4 nitrogen and oxygen atoms in total. The molecule has 1 N–H and O–H groups in total. The van der Waals surface area contributed by atoms with Gasteiger partial charge in [0.1, 0.15) is 0 Å². The minimum atomic E-state index is -3.27. The Morgan fingerprint density at radius 1 is 1.29 bits per heavy atom. The number of nitrogens with zero attached hydrogens (tertiary/aromatic N) is 1. The molecule has 1 saturated heterocycles. The highest BCUT2D eigenvalue weighted by Crippen LogP contribution is 2.11. The van der Waals surface area contributed by atoms with E-state index in [0.717, 1.165) is 19.3 Å². The summed E-state index contributed by atoms with van der Waals surface area (Å²) in [5, 5.41) is 0. The van der Waals surface area contributed by atoms with Gasteiger partial charge in [0.2, 0.25) is 0 Å². The van der Waals surface area contributed by atoms with Crippen molar-refractivity contribution in [1.29, 1.82) is 0 Å². The van der Waals surface area contributed by atoms with Crippen LogP contribution < -0.4 is 4.72 Å². The summed E-state index contributed by atoms with van der Waals surface area (Å²) < 4.78 is 27.2. The minimum Gasteiger partial charge on any atom is -0.201 e. The van der Waals surface area contributed by atoms with Crippen molar-refractivity contribution in [3.63, 3.8) is 0 Å². The summed E-state index contributed by atoms with van der Waals surface area (Å²) in [5.74, 6) is 2.40. The maximum atomic E-state index is 11.6. The number of nitrogens with one attached hydrogen (secondary N) is 1. The van der Waals surface area contributed by atoms with E-state index < -0.39 is 10.2 Å². The largest absolute Gasteiger partial charge is 0.279 e. The van der Waals surface area contributed by atoms with Crippen molar-refractivity contribution in [3.05, 3.63) is 0 Å². The van der Waals surface area contributed by atoms with E-state index in [2.05, 4.69) is 10.6 Å². The van der Waals surface area contributed by atoms with E-state index in [4.69, 9.17) is 6.42 Å². The number of rotatable bonds is 4. The molecule has 80 valence electrons. The Hall–Kier alpha value is -0.570. The minimum absolute atomic E-state index is 0.329. The van der Waals surface area contributed by atoms with Crippen LogP contribution in [0.1, 0.15) is 25.7 Å². The van der Waals surface area contributed by atoms with E-state index >= 15 is 0 Å². The quantitative estimate of drug-likeness (QED) is 0.544. The summed E-state index contributed by atoms with van der Waals surface area (Å²) in [4.78, 5) is 0. The zero-order valence-electron chi connectivity index (χ0n) is 8.20. The van der Waals surface area contributed by atoms with E-state index in [1.165, 1.54) is 4.31 Å². The van der Waals surface area contributed by atoms with Gasteiger partial charge in [0.05, 0.1) is 0 Å². The second-order valence-corrected chi connectivity index (χ2v) is 5.07. The van der Waals surface area contributed by atoms with E-state index in [1.54, 1.807) is 0 Å². The molecule has 1 rings (SSSR count). The average molecular weight is 216 g/mol. The number of hydrogen-bond donors (Lipinski definition) is 1. The predicted octanol–water partition coefficient (Wildman–Crippen LogP) is 0.330. The molecule has 14 heavy (non-hydrogen) atoms. The molecule has 1 aliphatic rings. The first kappa shape index (κ1) is 11.5. The predicted molar refractivity (Wildman–Crippen MR) is 55.8 cm³/mol. The summed E-state index contributed by atoms with van der Waals surface area (Å²) in [7, 11) is -3.27. The lowest BCUT2D eigenvalue weighted by molar-refractivity contribution is 0.342. The first-order valence-corrected chi connectivity index (χ1v) is 6.29. The summed E-state index contributed by atoms with van der Waals surface area (Å²) in [6.07, 6.45) is 8.51. The van der Waals surface area contributed by atoms with Crippen molar-refractivity contribution < 1.29 is 8.42 Å². The van der Waals surface area contributed by atoms with Gasteiger partial charge in [0, 0.05) is 26.1 Å². The molecule has 1 aliphatic heterocycles. The SMILES string of the molecule is C#CCCNS(=O)(=O)N1CCCCC1. The van der Waals surface area contributed by atoms with Crippen LogP contribution in [0.2, 0.25) is 0 Å². The molecular weight excluding hydrogens is 200 g/mol. The first-order chi connectivity index (χ1) is 6.67. The number of piperidine rings is 1. The Morgan fingerprint density at radius 2 is 1.93 bits per heavy atom. The molecule has 1 fully saturated rings. The van der Waals surface area contributed by atoms with Gasteiger partial charge in [-0.1, -0.05) is 6.42 Å². The Bertz CT molecular complexity index is 299. The maximum absolute atomic E-state index is 11.6. The number of terminal acetylenes is 1. The van der Waals surface area contributed by atoms with E-state index in [0.29, 0.717) is 26.1 Å². The Balaban J connectivity index is 2.43. The van der Waals surface area contributed by atoms with Crippen molar-refractivity contribution in [2.24, 2.45) is 0 Å². The smallest absolute Gasteiger partial charge is 0.201 e. The van der Waals surface area contributed by atoms with Gasteiger partial charge in [-0.15, -0.1) is 12.3 Å². The van der Waals surface area contributed by atoms with Gasteiger partial charge in [0.25, 0.3) is 10.2 Å². The van der Waals surface area contributed by atoms with Crippen LogP contribution in [0.5, 0.6) is 0 Å². The van der Waals surface area contributed by atoms with Crippen LogP contribution in [0.25, 0.3) is 0 Å². The van der Waals surface area contributed by atoms with Gasteiger partial charge in [0.15, 0.2) is 0 Å². The van der Waals surface area contributed by atoms with Crippen LogP contribution in [-0.4, -0.2) is 32.4 Å². The van der Waals surface area contributed by atoms with E-state index in [1.807, 2.05) is 0 Å². The first-order valence-electron chi connectivity index (χ1n) is 4.85. The third kappa shape index (κ3) is 3.29. The summed E-state index contributed by atoms with van der Waals surface area (Å²) >= 11 is 0. The van der Waals surface area contributed by atoms with Gasteiger partial charge in [-0.25, -0.2) is 4.72 Å². The fourth-order valence-corrected chi connectivity index (χ4v) is 2.73. The molecule has 0 aromatic carbocycles. The van der Waals surface area contributed by atoms with Crippen molar-refractivity contribution in [3.8, 4) is 12.3 Å². The summed E-state index contributed by atoms with van der Waals surface area (Å²) in [6.45, 7) is 1.59. The number of hydrogen-bond acceptors (Lipinski definition) is 2. The Kier molecular flexibility index (Phi) is 4.39. The second kappa shape index (κ2) is 5.35. The highest BCUT2D eigenvalue weighted by atomic mass is 32.2. The zero-order chi connectivity index (χ0) is 10.4. The molecule has 0 bridgehead atoms. The van der Waals surface area contributed by atoms with Crippen LogP contribution in [-0.2, 0) is 10.2 Å². The molecule has 0 aromatic rings. The third-order valence-electron chi connectivity index (χ3n) is 2.21. The maximum Gasteiger partial charge on any atom is 0.279 e. The Labute approximate surface area is 85.9 Å². The summed E-state index contributed by atoms with van der Waals surface area (Å²) in [5.41, 5.74) is 0. The molecule has 0 radical (unpaired) electrons. The normalized spacial score (nSPS) is 19.1. The van der Waals surface area contributed by atoms with Crippen LogP contribution in [0.3, 0.4) is 0 Å². The van der Waals surface area contributed by atoms with Crippen LogP contribution in [0, 0.1) is 12.3 Å². The highest BCUT2D eigenvalue weighted by Gasteiger charge is 2.22. The van der Waals surface area contributed by atoms with Crippen molar-refractivity contribution >= 4 is 10.2 Å². The molecule has 0 aliphatic carbocycles. The molecular formula is C9H16N2O2S. The highest BCUT2D eigenvalue weighted by molar-refractivity contribution is 7.87. The second-order valence-electron chi connectivity index (χ2n) is 3.31. The fourth-order valence-electron chi connectivity index (χ4n) is 1.45. The molecule has 5 heteroatoms. The zero-order valence-corrected chi connectivity index (χ0v) is 9.02. The lowest BCUT2D eigenvalue weighted by Gasteiger charge is -2.25. The van der Waals surface area contributed by atoms with E-state index in [-0.39, 0.29) is 0 Å². The third-order valence-corrected chi connectivity index (χ3v) is 3.82. The van der Waals surface area contributed by atoms with Crippen molar-refractivity contribution in [2.75, 3.05) is 19.6 Å². The topological polar surface area (TPSA) is 49.4 Å². The monoisotopic (exact) mass is 216 g/mol. The average Bonchev–Trinajstić information content (AvgIpc) is 2.19. The van der Waals surface area contributed by atoms with Crippen molar-refractivity contribution in [2.45, 2.75) is 25.7 Å². The van der Waals surface area contributed by atoms with E-state index in [9.17, 15) is 8.42 Å². The van der Waals surface area contributed by atoms with Crippen LogP contribution in [0.15, 0.2) is 0 Å². The lowest BCUT2D eigenvalue weighted by atomic mass is 10.2.